The molecule has 8 heteroatoms. The number of likely N-dealkylation sites (tertiary alicyclic amines) is 1. The molecule has 2 heterocycles. The highest BCUT2D eigenvalue weighted by atomic mass is 19.1. The number of amidine groups is 1. The number of fused-ring (bicyclic) bond motifs is 1. The summed E-state index contributed by atoms with van der Waals surface area (Å²) in [5.41, 5.74) is 5.22. The number of rotatable bonds is 7. The lowest BCUT2D eigenvalue weighted by molar-refractivity contribution is -0.131. The quantitative estimate of drug-likeness (QED) is 0.242. The van der Waals surface area contributed by atoms with Gasteiger partial charge < -0.3 is 9.80 Å². The maximum Gasteiger partial charge on any atom is 0.227 e. The largest absolute Gasteiger partial charge is 0.342 e. The first kappa shape index (κ1) is 23.0. The van der Waals surface area contributed by atoms with Crippen LogP contribution in [0.1, 0.15) is 25.7 Å². The molecule has 1 saturated carbocycles. The van der Waals surface area contributed by atoms with Crippen LogP contribution in [-0.2, 0) is 9.59 Å². The van der Waals surface area contributed by atoms with E-state index in [2.05, 4.69) is 15.5 Å². The number of hydrogen-bond donors (Lipinski definition) is 1. The first-order chi connectivity index (χ1) is 17.0. The number of hydrazone groups is 1. The zero-order chi connectivity index (χ0) is 24.4. The number of pyridine rings is 1. The van der Waals surface area contributed by atoms with Crippen molar-refractivity contribution in [2.75, 3.05) is 25.0 Å². The maximum atomic E-state index is 15.3. The smallest absolute Gasteiger partial charge is 0.227 e. The minimum Gasteiger partial charge on any atom is -0.342 e. The summed E-state index contributed by atoms with van der Waals surface area (Å²) in [6.45, 7) is 1.41. The molecule has 2 aromatic carbocycles. The van der Waals surface area contributed by atoms with E-state index in [1.165, 1.54) is 6.07 Å². The SMILES string of the molecule is CN(/C(CC1CCN(C(=O)C2CC2)C1)=N\NC=O)c1ccc(-c2ccc3cccnc3c2)cc1F. The summed E-state index contributed by atoms with van der Waals surface area (Å²) in [6.07, 6.45) is 5.61. The van der Waals surface area contributed by atoms with Crippen LogP contribution >= 0.6 is 0 Å². The van der Waals surface area contributed by atoms with Gasteiger partial charge in [0.1, 0.15) is 11.7 Å². The molecular weight excluding hydrogens is 445 g/mol. The predicted octanol–water partition coefficient (Wildman–Crippen LogP) is 4.19. The fourth-order valence-corrected chi connectivity index (χ4v) is 4.75. The second kappa shape index (κ2) is 9.82. The molecule has 1 aromatic heterocycles. The first-order valence-corrected chi connectivity index (χ1v) is 12.0. The number of anilines is 1. The summed E-state index contributed by atoms with van der Waals surface area (Å²) in [5.74, 6) is 0.814. The molecule has 0 radical (unpaired) electrons. The van der Waals surface area contributed by atoms with E-state index >= 15 is 4.39 Å². The number of benzene rings is 2. The Balaban J connectivity index is 1.33. The molecule has 1 saturated heterocycles. The normalized spacial score (nSPS) is 18.1. The third-order valence-electron chi connectivity index (χ3n) is 6.88. The summed E-state index contributed by atoms with van der Waals surface area (Å²) in [5, 5.41) is 5.23. The van der Waals surface area contributed by atoms with Crippen LogP contribution < -0.4 is 10.3 Å². The van der Waals surface area contributed by atoms with Crippen LogP contribution in [0.5, 0.6) is 0 Å². The highest BCUT2D eigenvalue weighted by molar-refractivity contribution is 5.98. The van der Waals surface area contributed by atoms with Crippen molar-refractivity contribution in [3.8, 4) is 11.1 Å². The Labute approximate surface area is 203 Å². The second-order valence-corrected chi connectivity index (χ2v) is 9.33. The van der Waals surface area contributed by atoms with E-state index in [9.17, 15) is 9.59 Å². The van der Waals surface area contributed by atoms with E-state index in [1.54, 1.807) is 24.2 Å². The van der Waals surface area contributed by atoms with Crippen LogP contribution in [0.15, 0.2) is 59.8 Å². The van der Waals surface area contributed by atoms with E-state index in [0.29, 0.717) is 30.9 Å². The first-order valence-electron chi connectivity index (χ1n) is 12.0. The molecule has 0 bridgehead atoms. The Kier molecular flexibility index (Phi) is 6.44. The van der Waals surface area contributed by atoms with E-state index in [-0.39, 0.29) is 23.6 Å². The van der Waals surface area contributed by atoms with Crippen molar-refractivity contribution in [2.45, 2.75) is 25.7 Å². The molecule has 1 aliphatic heterocycles. The summed E-state index contributed by atoms with van der Waals surface area (Å²) in [6, 6.07) is 14.9. The van der Waals surface area contributed by atoms with Gasteiger partial charge in [-0.1, -0.05) is 24.3 Å². The number of hydrogen-bond acceptors (Lipinski definition) is 4. The van der Waals surface area contributed by atoms with Gasteiger partial charge in [0.25, 0.3) is 0 Å². The average Bonchev–Trinajstić information content (AvgIpc) is 3.63. The Bertz CT molecular complexity index is 1290. The maximum absolute atomic E-state index is 15.3. The molecule has 2 aliphatic rings. The zero-order valence-corrected chi connectivity index (χ0v) is 19.7. The highest BCUT2D eigenvalue weighted by Gasteiger charge is 2.37. The van der Waals surface area contributed by atoms with Gasteiger partial charge in [-0.25, -0.2) is 9.82 Å². The van der Waals surface area contributed by atoms with Gasteiger partial charge in [0, 0.05) is 44.1 Å². The zero-order valence-electron chi connectivity index (χ0n) is 19.7. The van der Waals surface area contributed by atoms with E-state index in [0.717, 1.165) is 47.8 Å². The number of nitrogens with zero attached hydrogens (tertiary/aromatic N) is 4. The Morgan fingerprint density at radius 1 is 1.20 bits per heavy atom. The Hall–Kier alpha value is -3.81. The summed E-state index contributed by atoms with van der Waals surface area (Å²) >= 11 is 0. The third kappa shape index (κ3) is 5.01. The minimum atomic E-state index is -0.387. The van der Waals surface area contributed by atoms with E-state index in [1.807, 2.05) is 41.3 Å². The van der Waals surface area contributed by atoms with Gasteiger partial charge in [0.2, 0.25) is 12.3 Å². The molecule has 3 aromatic rings. The van der Waals surface area contributed by atoms with Crippen molar-refractivity contribution >= 4 is 34.7 Å². The van der Waals surface area contributed by atoms with Crippen LogP contribution in [0.25, 0.3) is 22.0 Å². The van der Waals surface area contributed by atoms with Gasteiger partial charge in [0.05, 0.1) is 11.2 Å². The number of aromatic nitrogens is 1. The second-order valence-electron chi connectivity index (χ2n) is 9.33. The van der Waals surface area contributed by atoms with Gasteiger partial charge in [0.15, 0.2) is 0 Å². The number of halogens is 1. The van der Waals surface area contributed by atoms with Gasteiger partial charge in [-0.15, -0.1) is 0 Å². The molecule has 180 valence electrons. The lowest BCUT2D eigenvalue weighted by Gasteiger charge is -2.24. The van der Waals surface area contributed by atoms with Crippen molar-refractivity contribution in [3.63, 3.8) is 0 Å². The highest BCUT2D eigenvalue weighted by Crippen LogP contribution is 2.34. The molecule has 35 heavy (non-hydrogen) atoms. The third-order valence-corrected chi connectivity index (χ3v) is 6.88. The van der Waals surface area contributed by atoms with Crippen LogP contribution in [0.3, 0.4) is 0 Å². The van der Waals surface area contributed by atoms with Crippen molar-refractivity contribution < 1.29 is 14.0 Å². The lowest BCUT2D eigenvalue weighted by Crippen LogP contribution is -2.33. The van der Waals surface area contributed by atoms with Crippen LogP contribution in [-0.4, -0.2) is 48.2 Å². The Morgan fingerprint density at radius 3 is 2.77 bits per heavy atom. The molecular formula is C27H28FN5O2. The molecule has 2 fully saturated rings. The predicted molar refractivity (Wildman–Crippen MR) is 134 cm³/mol. The number of carbonyl (C=O) groups excluding carboxylic acids is 2. The molecule has 5 rings (SSSR count). The molecule has 1 unspecified atom stereocenters. The van der Waals surface area contributed by atoms with Crippen LogP contribution in [0, 0.1) is 17.7 Å². The van der Waals surface area contributed by atoms with E-state index in [4.69, 9.17) is 0 Å². The fourth-order valence-electron chi connectivity index (χ4n) is 4.75. The van der Waals surface area contributed by atoms with Crippen molar-refractivity contribution in [1.29, 1.82) is 0 Å². The molecule has 1 atom stereocenters. The lowest BCUT2D eigenvalue weighted by atomic mass is 10.0. The standard InChI is InChI=1S/C27H28FN5O2/c1-32(26(31-30-17-34)13-18-10-12-33(16-18)27(35)20-5-6-20)25-9-8-21(14-23(25)28)22-7-4-19-3-2-11-29-24(19)15-22/h2-4,7-9,11,14-15,17-18,20H,5-6,10,12-13,16H2,1H3,(H,30,34)/b31-26-. The summed E-state index contributed by atoms with van der Waals surface area (Å²) in [7, 11) is 1.74. The Morgan fingerprint density at radius 2 is 2.00 bits per heavy atom. The summed E-state index contributed by atoms with van der Waals surface area (Å²) in [4.78, 5) is 31.3. The van der Waals surface area contributed by atoms with Gasteiger partial charge >= 0.3 is 0 Å². The van der Waals surface area contributed by atoms with Gasteiger partial charge in [-0.3, -0.25) is 14.6 Å². The van der Waals surface area contributed by atoms with Gasteiger partial charge in [-0.2, -0.15) is 5.10 Å². The van der Waals surface area contributed by atoms with Crippen molar-refractivity contribution in [2.24, 2.45) is 16.9 Å². The molecule has 1 aliphatic carbocycles. The number of carbonyl (C=O) groups is 2. The number of nitrogens with one attached hydrogen (secondary N) is 1. The monoisotopic (exact) mass is 473 g/mol. The molecule has 2 amide bonds. The van der Waals surface area contributed by atoms with Crippen LogP contribution in [0.2, 0.25) is 0 Å². The molecule has 0 spiro atoms. The molecule has 1 N–H and O–H groups in total. The van der Waals surface area contributed by atoms with Crippen molar-refractivity contribution in [1.82, 2.24) is 15.3 Å². The van der Waals surface area contributed by atoms with E-state index < -0.39 is 0 Å². The number of amides is 2. The summed E-state index contributed by atoms with van der Waals surface area (Å²) < 4.78 is 15.3. The topological polar surface area (TPSA) is 77.9 Å². The van der Waals surface area contributed by atoms with Crippen LogP contribution in [0.4, 0.5) is 10.1 Å². The fraction of sp³-hybridized carbons (Fsp3) is 0.333. The molecule has 7 nitrogen and oxygen atoms in total. The minimum absolute atomic E-state index is 0.201. The van der Waals surface area contributed by atoms with Gasteiger partial charge in [-0.05, 0) is 60.6 Å². The van der Waals surface area contributed by atoms with Crippen molar-refractivity contribution in [3.05, 3.63) is 60.5 Å². The average molecular weight is 474 g/mol.